The molecule has 3 rings (SSSR count). The smallest absolute Gasteiger partial charge is 0.318 e. The number of methoxy groups -OCH3 is 1. The van der Waals surface area contributed by atoms with Crippen molar-refractivity contribution in [2.45, 2.75) is 19.0 Å². The third-order valence-corrected chi connectivity index (χ3v) is 3.92. The highest BCUT2D eigenvalue weighted by atomic mass is 16.5. The molecule has 1 saturated heterocycles. The zero-order valence-electron chi connectivity index (χ0n) is 12.5. The number of pyridine rings is 1. The molecule has 1 fully saturated rings. The molecule has 1 aromatic heterocycles. The van der Waals surface area contributed by atoms with Gasteiger partial charge in [0.1, 0.15) is 0 Å². The number of benzene rings is 1. The summed E-state index contributed by atoms with van der Waals surface area (Å²) in [5.41, 5.74) is 2.16. The molecule has 5 nitrogen and oxygen atoms in total. The van der Waals surface area contributed by atoms with Crippen LogP contribution >= 0.6 is 0 Å². The molecule has 1 atom stereocenters. The molecule has 1 aromatic carbocycles. The predicted molar refractivity (Wildman–Crippen MR) is 83.5 cm³/mol. The number of rotatable bonds is 4. The van der Waals surface area contributed by atoms with E-state index in [9.17, 15) is 4.79 Å². The summed E-state index contributed by atoms with van der Waals surface area (Å²) < 4.78 is 5.08. The van der Waals surface area contributed by atoms with Crippen molar-refractivity contribution >= 4 is 6.03 Å². The maximum Gasteiger partial charge on any atom is 0.318 e. The third kappa shape index (κ3) is 3.03. The molecular weight excluding hydrogens is 278 g/mol. The maximum atomic E-state index is 12.3. The van der Waals surface area contributed by atoms with Gasteiger partial charge in [-0.05, 0) is 23.6 Å². The summed E-state index contributed by atoms with van der Waals surface area (Å²) in [5, 5.41) is 2.96. The van der Waals surface area contributed by atoms with Gasteiger partial charge in [-0.2, -0.15) is 0 Å². The lowest BCUT2D eigenvalue weighted by Crippen LogP contribution is -2.49. The third-order valence-electron chi connectivity index (χ3n) is 3.92. The highest BCUT2D eigenvalue weighted by Gasteiger charge is 2.32. The summed E-state index contributed by atoms with van der Waals surface area (Å²) >= 11 is 0. The lowest BCUT2D eigenvalue weighted by Gasteiger charge is -2.41. The van der Waals surface area contributed by atoms with E-state index in [1.165, 1.54) is 5.56 Å². The van der Waals surface area contributed by atoms with Gasteiger partial charge in [-0.1, -0.05) is 30.3 Å². The largest absolute Gasteiger partial charge is 0.481 e. The first-order valence-corrected chi connectivity index (χ1v) is 7.36. The van der Waals surface area contributed by atoms with E-state index in [2.05, 4.69) is 22.4 Å². The van der Waals surface area contributed by atoms with Crippen LogP contribution in [0.15, 0.2) is 48.7 Å². The minimum atomic E-state index is -0.0316. The van der Waals surface area contributed by atoms with Gasteiger partial charge in [-0.25, -0.2) is 9.78 Å². The van der Waals surface area contributed by atoms with Gasteiger partial charge < -0.3 is 15.0 Å². The van der Waals surface area contributed by atoms with Gasteiger partial charge in [-0.15, -0.1) is 0 Å². The van der Waals surface area contributed by atoms with E-state index in [1.807, 2.05) is 35.2 Å². The Morgan fingerprint density at radius 3 is 2.86 bits per heavy atom. The van der Waals surface area contributed by atoms with E-state index in [0.717, 1.165) is 18.5 Å². The molecule has 1 aliphatic heterocycles. The van der Waals surface area contributed by atoms with E-state index in [0.29, 0.717) is 12.4 Å². The summed E-state index contributed by atoms with van der Waals surface area (Å²) in [4.78, 5) is 18.2. The molecule has 1 N–H and O–H groups in total. The average Bonchev–Trinajstić information content (AvgIpc) is 2.53. The Labute approximate surface area is 129 Å². The highest BCUT2D eigenvalue weighted by Crippen LogP contribution is 2.32. The van der Waals surface area contributed by atoms with Crippen molar-refractivity contribution in [3.63, 3.8) is 0 Å². The lowest BCUT2D eigenvalue weighted by molar-refractivity contribution is 0.115. The quantitative estimate of drug-likeness (QED) is 0.944. The second-order valence-electron chi connectivity index (χ2n) is 5.27. The van der Waals surface area contributed by atoms with Crippen LogP contribution in [0.2, 0.25) is 0 Å². The minimum absolute atomic E-state index is 0.0316. The van der Waals surface area contributed by atoms with Crippen molar-refractivity contribution in [3.8, 4) is 5.88 Å². The fourth-order valence-electron chi connectivity index (χ4n) is 2.60. The zero-order chi connectivity index (χ0) is 15.4. The van der Waals surface area contributed by atoms with Gasteiger partial charge in [0.2, 0.25) is 5.88 Å². The van der Waals surface area contributed by atoms with Crippen molar-refractivity contribution in [1.29, 1.82) is 0 Å². The predicted octanol–water partition coefficient (Wildman–Crippen LogP) is 2.75. The topological polar surface area (TPSA) is 54.5 Å². The molecule has 2 aromatic rings. The average molecular weight is 297 g/mol. The molecule has 2 heterocycles. The van der Waals surface area contributed by atoms with E-state index in [1.54, 1.807) is 13.3 Å². The second kappa shape index (κ2) is 6.47. The van der Waals surface area contributed by atoms with Crippen LogP contribution in [0, 0.1) is 0 Å². The number of aromatic nitrogens is 1. The Balaban J connectivity index is 1.58. The summed E-state index contributed by atoms with van der Waals surface area (Å²) in [7, 11) is 1.58. The van der Waals surface area contributed by atoms with Gasteiger partial charge >= 0.3 is 6.03 Å². The first-order chi connectivity index (χ1) is 10.8. The number of carbonyl (C=O) groups is 1. The Morgan fingerprint density at radius 2 is 2.18 bits per heavy atom. The van der Waals surface area contributed by atoms with Gasteiger partial charge in [0.05, 0.1) is 13.2 Å². The summed E-state index contributed by atoms with van der Waals surface area (Å²) in [6, 6.07) is 14.0. The molecule has 2 amide bonds. The molecule has 1 aliphatic rings. The van der Waals surface area contributed by atoms with Gasteiger partial charge in [0.15, 0.2) is 0 Å². The highest BCUT2D eigenvalue weighted by molar-refractivity contribution is 5.75. The monoisotopic (exact) mass is 297 g/mol. The zero-order valence-corrected chi connectivity index (χ0v) is 12.5. The summed E-state index contributed by atoms with van der Waals surface area (Å²) in [6.07, 6.45) is 2.69. The number of nitrogens with zero attached hydrogens (tertiary/aromatic N) is 2. The van der Waals surface area contributed by atoms with Crippen LogP contribution in [0.25, 0.3) is 0 Å². The molecule has 0 radical (unpaired) electrons. The van der Waals surface area contributed by atoms with Crippen molar-refractivity contribution in [1.82, 2.24) is 15.2 Å². The van der Waals surface area contributed by atoms with E-state index >= 15 is 0 Å². The van der Waals surface area contributed by atoms with Gasteiger partial charge in [0.25, 0.3) is 0 Å². The SMILES string of the molecule is COc1cc(CNC(=O)N2CC[C@H]2c2ccccc2)ccn1. The maximum absolute atomic E-state index is 12.3. The van der Waals surface area contributed by atoms with Crippen LogP contribution in [-0.4, -0.2) is 29.6 Å². The van der Waals surface area contributed by atoms with Crippen LogP contribution in [0.5, 0.6) is 5.88 Å². The van der Waals surface area contributed by atoms with E-state index < -0.39 is 0 Å². The summed E-state index contributed by atoms with van der Waals surface area (Å²) in [6.45, 7) is 1.26. The Kier molecular flexibility index (Phi) is 4.23. The molecule has 0 aliphatic carbocycles. The molecule has 0 unspecified atom stereocenters. The number of ether oxygens (including phenoxy) is 1. The standard InChI is InChI=1S/C17H19N3O2/c1-22-16-11-13(7-9-18-16)12-19-17(21)20-10-8-15(20)14-5-3-2-4-6-14/h2-7,9,11,15H,8,10,12H2,1H3,(H,19,21)/t15-/m0/s1. The second-order valence-corrected chi connectivity index (χ2v) is 5.27. The molecule has 0 bridgehead atoms. The number of urea groups is 1. The van der Waals surface area contributed by atoms with Crippen LogP contribution in [-0.2, 0) is 6.54 Å². The lowest BCUT2D eigenvalue weighted by atomic mass is 9.95. The Morgan fingerprint density at radius 1 is 1.36 bits per heavy atom. The van der Waals surface area contributed by atoms with Crippen LogP contribution in [0.4, 0.5) is 4.79 Å². The number of hydrogen-bond acceptors (Lipinski definition) is 3. The molecular formula is C17H19N3O2. The molecule has 114 valence electrons. The number of nitrogens with one attached hydrogen (secondary N) is 1. The van der Waals surface area contributed by atoms with Crippen molar-refractivity contribution in [2.24, 2.45) is 0 Å². The van der Waals surface area contributed by atoms with Gasteiger partial charge in [0, 0.05) is 25.4 Å². The van der Waals surface area contributed by atoms with Crippen LogP contribution in [0.1, 0.15) is 23.6 Å². The first kappa shape index (κ1) is 14.4. The van der Waals surface area contributed by atoms with Crippen molar-refractivity contribution < 1.29 is 9.53 Å². The van der Waals surface area contributed by atoms with E-state index in [4.69, 9.17) is 4.74 Å². The fourth-order valence-corrected chi connectivity index (χ4v) is 2.60. The molecule has 0 saturated carbocycles. The number of amides is 2. The van der Waals surface area contributed by atoms with Gasteiger partial charge in [-0.3, -0.25) is 0 Å². The molecule has 0 spiro atoms. The number of carbonyl (C=O) groups excluding carboxylic acids is 1. The summed E-state index contributed by atoms with van der Waals surface area (Å²) in [5.74, 6) is 0.554. The van der Waals surface area contributed by atoms with Crippen LogP contribution < -0.4 is 10.1 Å². The normalized spacial score (nSPS) is 16.8. The van der Waals surface area contributed by atoms with Crippen LogP contribution in [0.3, 0.4) is 0 Å². The molecule has 22 heavy (non-hydrogen) atoms. The van der Waals surface area contributed by atoms with E-state index in [-0.39, 0.29) is 12.1 Å². The Hall–Kier alpha value is -2.56. The fraction of sp³-hybridized carbons (Fsp3) is 0.294. The van der Waals surface area contributed by atoms with Crippen molar-refractivity contribution in [2.75, 3.05) is 13.7 Å². The number of likely N-dealkylation sites (tertiary alicyclic amines) is 1. The Bertz CT molecular complexity index is 645. The first-order valence-electron chi connectivity index (χ1n) is 7.36. The van der Waals surface area contributed by atoms with Crippen molar-refractivity contribution in [3.05, 3.63) is 59.8 Å². The number of hydrogen-bond donors (Lipinski definition) is 1. The minimum Gasteiger partial charge on any atom is -0.481 e. The molecule has 5 heteroatoms.